The normalized spacial score (nSPS) is 15.4. The van der Waals surface area contributed by atoms with Crippen molar-refractivity contribution < 1.29 is 28.6 Å². The second-order valence-electron chi connectivity index (χ2n) is 6.97. The SMILES string of the molecule is CCOC(=O)C1=C(COC(=O)Cc2ccc(OCC)cc2)NC(=O)NC1c1ccccc1. The molecule has 1 unspecified atom stereocenters. The highest BCUT2D eigenvalue weighted by Crippen LogP contribution is 2.27. The third kappa shape index (κ3) is 5.87. The summed E-state index contributed by atoms with van der Waals surface area (Å²) in [7, 11) is 0. The highest BCUT2D eigenvalue weighted by atomic mass is 16.5. The van der Waals surface area contributed by atoms with Gasteiger partial charge < -0.3 is 24.8 Å². The van der Waals surface area contributed by atoms with Gasteiger partial charge >= 0.3 is 18.0 Å². The zero-order chi connectivity index (χ0) is 22.9. The molecule has 2 amide bonds. The van der Waals surface area contributed by atoms with Crippen molar-refractivity contribution in [1.82, 2.24) is 10.6 Å². The molecule has 0 fully saturated rings. The Kier molecular flexibility index (Phi) is 7.85. The minimum absolute atomic E-state index is 0.0444. The van der Waals surface area contributed by atoms with E-state index in [0.29, 0.717) is 12.2 Å². The van der Waals surface area contributed by atoms with Gasteiger partial charge in [-0.1, -0.05) is 42.5 Å². The van der Waals surface area contributed by atoms with E-state index in [2.05, 4.69) is 10.6 Å². The molecule has 0 aromatic heterocycles. The number of rotatable bonds is 9. The number of esters is 2. The number of amides is 2. The van der Waals surface area contributed by atoms with E-state index < -0.39 is 24.0 Å². The van der Waals surface area contributed by atoms with Crippen molar-refractivity contribution in [1.29, 1.82) is 0 Å². The van der Waals surface area contributed by atoms with Gasteiger partial charge in [0.1, 0.15) is 12.4 Å². The van der Waals surface area contributed by atoms with Gasteiger partial charge in [0, 0.05) is 0 Å². The Hall–Kier alpha value is -3.81. The zero-order valence-corrected chi connectivity index (χ0v) is 18.1. The number of hydrogen-bond donors (Lipinski definition) is 2. The van der Waals surface area contributed by atoms with Crippen molar-refractivity contribution in [3.05, 3.63) is 77.0 Å². The van der Waals surface area contributed by atoms with Crippen LogP contribution in [0.3, 0.4) is 0 Å². The molecule has 2 N–H and O–H groups in total. The molecular formula is C24H26N2O6. The fraction of sp³-hybridized carbons (Fsp3) is 0.292. The first kappa shape index (κ1) is 22.9. The van der Waals surface area contributed by atoms with E-state index in [1.165, 1.54) is 0 Å². The maximum atomic E-state index is 12.7. The van der Waals surface area contributed by atoms with Crippen LogP contribution in [0.25, 0.3) is 0 Å². The first-order chi connectivity index (χ1) is 15.5. The number of hydrogen-bond acceptors (Lipinski definition) is 6. The second kappa shape index (κ2) is 11.0. The molecule has 1 aliphatic heterocycles. The number of ether oxygens (including phenoxy) is 3. The average molecular weight is 438 g/mol. The molecule has 0 saturated heterocycles. The topological polar surface area (TPSA) is 103 Å². The summed E-state index contributed by atoms with van der Waals surface area (Å²) in [5.74, 6) is -0.362. The summed E-state index contributed by atoms with van der Waals surface area (Å²) >= 11 is 0. The molecule has 8 heteroatoms. The first-order valence-corrected chi connectivity index (χ1v) is 10.4. The van der Waals surface area contributed by atoms with Gasteiger partial charge in [0.25, 0.3) is 0 Å². The Balaban J connectivity index is 1.76. The zero-order valence-electron chi connectivity index (χ0n) is 18.1. The Morgan fingerprint density at radius 3 is 2.31 bits per heavy atom. The minimum atomic E-state index is -0.719. The lowest BCUT2D eigenvalue weighted by atomic mass is 9.95. The first-order valence-electron chi connectivity index (χ1n) is 10.4. The lowest BCUT2D eigenvalue weighted by Crippen LogP contribution is -2.47. The van der Waals surface area contributed by atoms with Crippen LogP contribution >= 0.6 is 0 Å². The van der Waals surface area contributed by atoms with Crippen molar-refractivity contribution in [3.8, 4) is 5.75 Å². The maximum Gasteiger partial charge on any atom is 0.338 e. The van der Waals surface area contributed by atoms with Crippen LogP contribution in [0.15, 0.2) is 65.9 Å². The van der Waals surface area contributed by atoms with Crippen LogP contribution in [0, 0.1) is 0 Å². The predicted octanol–water partition coefficient (Wildman–Crippen LogP) is 3.04. The number of urea groups is 1. The molecule has 0 bridgehead atoms. The van der Waals surface area contributed by atoms with E-state index in [1.54, 1.807) is 43.3 Å². The van der Waals surface area contributed by atoms with Gasteiger partial charge in [-0.15, -0.1) is 0 Å². The molecule has 1 aliphatic rings. The van der Waals surface area contributed by atoms with E-state index >= 15 is 0 Å². The Labute approximate surface area is 186 Å². The number of carbonyl (C=O) groups is 3. The molecule has 1 atom stereocenters. The molecule has 0 saturated carbocycles. The fourth-order valence-electron chi connectivity index (χ4n) is 3.32. The summed E-state index contributed by atoms with van der Waals surface area (Å²) in [6, 6.07) is 15.0. The van der Waals surface area contributed by atoms with Crippen molar-refractivity contribution in [2.45, 2.75) is 26.3 Å². The summed E-state index contributed by atoms with van der Waals surface area (Å²) in [4.78, 5) is 37.3. The van der Waals surface area contributed by atoms with Gasteiger partial charge in [0.2, 0.25) is 0 Å². The summed E-state index contributed by atoms with van der Waals surface area (Å²) in [6.45, 7) is 4.06. The molecule has 0 aliphatic carbocycles. The standard InChI is InChI=1S/C24H26N2O6/c1-3-30-18-12-10-16(11-13-18)14-20(27)32-15-19-21(23(28)31-4-2)22(26-24(29)25-19)17-8-6-5-7-9-17/h5-13,22H,3-4,14-15H2,1-2H3,(H2,25,26,29). The smallest absolute Gasteiger partial charge is 0.338 e. The molecule has 3 rings (SSSR count). The van der Waals surface area contributed by atoms with Crippen molar-refractivity contribution in [3.63, 3.8) is 0 Å². The highest BCUT2D eigenvalue weighted by Gasteiger charge is 2.34. The van der Waals surface area contributed by atoms with Crippen molar-refractivity contribution in [2.75, 3.05) is 19.8 Å². The van der Waals surface area contributed by atoms with Crippen LogP contribution in [0.4, 0.5) is 4.79 Å². The third-order valence-corrected chi connectivity index (χ3v) is 4.74. The fourth-order valence-corrected chi connectivity index (χ4v) is 3.32. The van der Waals surface area contributed by atoms with Crippen LogP contribution in [-0.2, 0) is 25.5 Å². The molecular weight excluding hydrogens is 412 g/mol. The van der Waals surface area contributed by atoms with Gasteiger partial charge in [0.15, 0.2) is 0 Å². The van der Waals surface area contributed by atoms with E-state index in [0.717, 1.165) is 11.3 Å². The van der Waals surface area contributed by atoms with Gasteiger partial charge in [-0.25, -0.2) is 9.59 Å². The van der Waals surface area contributed by atoms with Crippen LogP contribution < -0.4 is 15.4 Å². The van der Waals surface area contributed by atoms with Crippen molar-refractivity contribution >= 4 is 18.0 Å². The molecule has 0 radical (unpaired) electrons. The quantitative estimate of drug-likeness (QED) is 0.584. The Morgan fingerprint density at radius 2 is 1.66 bits per heavy atom. The predicted molar refractivity (Wildman–Crippen MR) is 117 cm³/mol. The molecule has 2 aromatic carbocycles. The third-order valence-electron chi connectivity index (χ3n) is 4.74. The molecule has 0 spiro atoms. The molecule has 168 valence electrons. The van der Waals surface area contributed by atoms with Gasteiger partial charge in [-0.3, -0.25) is 4.79 Å². The summed E-state index contributed by atoms with van der Waals surface area (Å²) in [5, 5.41) is 5.32. The maximum absolute atomic E-state index is 12.7. The number of nitrogens with one attached hydrogen (secondary N) is 2. The molecule has 1 heterocycles. The van der Waals surface area contributed by atoms with E-state index in [9.17, 15) is 14.4 Å². The van der Waals surface area contributed by atoms with E-state index in [4.69, 9.17) is 14.2 Å². The number of benzene rings is 2. The number of carbonyl (C=O) groups excluding carboxylic acids is 3. The summed E-state index contributed by atoms with van der Waals surface area (Å²) in [5.41, 5.74) is 1.87. The van der Waals surface area contributed by atoms with E-state index in [1.807, 2.05) is 25.1 Å². The molecule has 2 aromatic rings. The Bertz CT molecular complexity index is 985. The summed E-state index contributed by atoms with van der Waals surface area (Å²) < 4.78 is 16.0. The van der Waals surface area contributed by atoms with Crippen LogP contribution in [0.2, 0.25) is 0 Å². The monoisotopic (exact) mass is 438 g/mol. The Morgan fingerprint density at radius 1 is 0.938 bits per heavy atom. The van der Waals surface area contributed by atoms with E-state index in [-0.39, 0.29) is 30.9 Å². The van der Waals surface area contributed by atoms with Crippen LogP contribution in [0.5, 0.6) is 5.75 Å². The second-order valence-corrected chi connectivity index (χ2v) is 6.97. The van der Waals surface area contributed by atoms with Gasteiger partial charge in [-0.05, 0) is 37.1 Å². The van der Waals surface area contributed by atoms with Gasteiger partial charge in [0.05, 0.1) is 36.9 Å². The lowest BCUT2D eigenvalue weighted by Gasteiger charge is -2.29. The molecule has 32 heavy (non-hydrogen) atoms. The van der Waals surface area contributed by atoms with Crippen molar-refractivity contribution in [2.24, 2.45) is 0 Å². The van der Waals surface area contributed by atoms with Gasteiger partial charge in [-0.2, -0.15) is 0 Å². The minimum Gasteiger partial charge on any atom is -0.494 e. The van der Waals surface area contributed by atoms with Crippen LogP contribution in [-0.4, -0.2) is 37.8 Å². The van der Waals surface area contributed by atoms with Crippen LogP contribution in [0.1, 0.15) is 31.0 Å². The summed E-state index contributed by atoms with van der Waals surface area (Å²) in [6.07, 6.45) is 0.0444. The lowest BCUT2D eigenvalue weighted by molar-refractivity contribution is -0.143. The highest BCUT2D eigenvalue weighted by molar-refractivity contribution is 5.95. The molecule has 8 nitrogen and oxygen atoms in total. The average Bonchev–Trinajstić information content (AvgIpc) is 2.79. The largest absolute Gasteiger partial charge is 0.494 e.